The highest BCUT2D eigenvalue weighted by Crippen LogP contribution is 2.50. The van der Waals surface area contributed by atoms with Gasteiger partial charge in [-0.05, 0) is 111 Å². The quantitative estimate of drug-likeness (QED) is 0.294. The molecule has 0 spiro atoms. The standard InChI is InChI=1S/C36H50N4O6S/c1-22(41)38-27-13-11-23-19-32(44-2)34(45-3)35(46-4)33(23)25-12-14-28(31(42)20-26(25)27)39-29(15-18-47-5)36(43)37-21-24-9-8-17-40-16-7-6-10-30(24)40/h12,14,19-20,24,27,29-30H,6-11,13,15-18,21H2,1-5H3,(H,37,43)(H,38,41)(H,39,42)/t24-,27-,29-,30+/m1/s1. The van der Waals surface area contributed by atoms with Gasteiger partial charge in [-0.15, -0.1) is 0 Å². The van der Waals surface area contributed by atoms with Crippen LogP contribution in [0.25, 0.3) is 11.1 Å². The van der Waals surface area contributed by atoms with Gasteiger partial charge in [0.25, 0.3) is 0 Å². The molecule has 2 amide bonds. The Morgan fingerprint density at radius 2 is 1.79 bits per heavy atom. The third-order valence-electron chi connectivity index (χ3n) is 9.94. The van der Waals surface area contributed by atoms with Crippen LogP contribution >= 0.6 is 11.8 Å². The van der Waals surface area contributed by atoms with E-state index in [1.807, 2.05) is 18.4 Å². The van der Waals surface area contributed by atoms with E-state index in [2.05, 4.69) is 20.9 Å². The molecule has 0 unspecified atom stereocenters. The van der Waals surface area contributed by atoms with E-state index in [9.17, 15) is 14.4 Å². The highest BCUT2D eigenvalue weighted by atomic mass is 32.2. The molecule has 256 valence electrons. The fourth-order valence-electron chi connectivity index (χ4n) is 7.69. The highest BCUT2D eigenvalue weighted by molar-refractivity contribution is 7.98. The third-order valence-corrected chi connectivity index (χ3v) is 10.6. The molecule has 2 fully saturated rings. The molecule has 2 saturated heterocycles. The molecule has 2 heterocycles. The van der Waals surface area contributed by atoms with Crippen molar-refractivity contribution in [2.45, 2.75) is 76.4 Å². The number of ether oxygens (including phenoxy) is 3. The summed E-state index contributed by atoms with van der Waals surface area (Å²) in [5, 5.41) is 9.63. The largest absolute Gasteiger partial charge is 0.493 e. The van der Waals surface area contributed by atoms with Crippen LogP contribution in [0, 0.1) is 5.92 Å². The minimum absolute atomic E-state index is 0.0839. The molecule has 1 aliphatic carbocycles. The zero-order valence-corrected chi connectivity index (χ0v) is 29.2. The molecular weight excluding hydrogens is 616 g/mol. The summed E-state index contributed by atoms with van der Waals surface area (Å²) in [5.74, 6) is 2.44. The number of methoxy groups -OCH3 is 3. The SMILES string of the molecule is COc1cc2c(c(OC)c1OC)-c1ccc(N[C@H](CCSC)C(=O)NC[C@H]3CCCN4CCCC[C@@H]34)c(=O)cc1[C@H](NC(C)=O)CC2. The lowest BCUT2D eigenvalue weighted by atomic mass is 9.83. The van der Waals surface area contributed by atoms with Crippen molar-refractivity contribution < 1.29 is 23.8 Å². The molecule has 3 N–H and O–H groups in total. The van der Waals surface area contributed by atoms with E-state index in [1.54, 1.807) is 45.2 Å². The van der Waals surface area contributed by atoms with E-state index in [1.165, 1.54) is 32.6 Å². The minimum Gasteiger partial charge on any atom is -0.493 e. The molecular formula is C36H50N4O6S. The average Bonchev–Trinajstić information content (AvgIpc) is 3.32. The van der Waals surface area contributed by atoms with E-state index in [0.29, 0.717) is 66.3 Å². The van der Waals surface area contributed by atoms with Crippen molar-refractivity contribution in [2.24, 2.45) is 5.92 Å². The summed E-state index contributed by atoms with van der Waals surface area (Å²) >= 11 is 1.67. The maximum absolute atomic E-state index is 13.9. The van der Waals surface area contributed by atoms with E-state index < -0.39 is 12.1 Å². The number of fused-ring (bicyclic) bond motifs is 4. The van der Waals surface area contributed by atoms with Gasteiger partial charge in [-0.3, -0.25) is 14.4 Å². The molecule has 47 heavy (non-hydrogen) atoms. The molecule has 11 heteroatoms. The van der Waals surface area contributed by atoms with Crippen LogP contribution < -0.4 is 35.6 Å². The van der Waals surface area contributed by atoms with Gasteiger partial charge in [0, 0.05) is 25.1 Å². The van der Waals surface area contributed by atoms with Crippen LogP contribution in [0.15, 0.2) is 29.1 Å². The van der Waals surface area contributed by atoms with Gasteiger partial charge in [0.05, 0.1) is 33.1 Å². The van der Waals surface area contributed by atoms with Crippen molar-refractivity contribution in [1.29, 1.82) is 0 Å². The topological polar surface area (TPSA) is 118 Å². The Balaban J connectivity index is 1.48. The Morgan fingerprint density at radius 1 is 1.00 bits per heavy atom. The molecule has 0 aromatic heterocycles. The van der Waals surface area contributed by atoms with Gasteiger partial charge < -0.3 is 35.1 Å². The molecule has 10 nitrogen and oxygen atoms in total. The van der Waals surface area contributed by atoms with Crippen LogP contribution in [0.4, 0.5) is 5.69 Å². The number of benzene rings is 1. The average molecular weight is 667 g/mol. The molecule has 0 saturated carbocycles. The number of amides is 2. The lowest BCUT2D eigenvalue weighted by Crippen LogP contribution is -2.52. The summed E-state index contributed by atoms with van der Waals surface area (Å²) in [6.07, 6.45) is 9.80. The third kappa shape index (κ3) is 7.83. The fraction of sp³-hybridized carbons (Fsp3) is 0.583. The smallest absolute Gasteiger partial charge is 0.242 e. The van der Waals surface area contributed by atoms with Crippen molar-refractivity contribution in [3.05, 3.63) is 45.6 Å². The van der Waals surface area contributed by atoms with Crippen LogP contribution in [0.2, 0.25) is 0 Å². The monoisotopic (exact) mass is 666 g/mol. The lowest BCUT2D eigenvalue weighted by Gasteiger charge is -2.44. The van der Waals surface area contributed by atoms with E-state index in [4.69, 9.17) is 14.2 Å². The molecule has 0 bridgehead atoms. The molecule has 0 radical (unpaired) electrons. The number of anilines is 1. The zero-order valence-electron chi connectivity index (χ0n) is 28.4. The summed E-state index contributed by atoms with van der Waals surface area (Å²) in [5.41, 5.74) is 3.25. The van der Waals surface area contributed by atoms with Crippen LogP contribution in [-0.4, -0.2) is 81.8 Å². The van der Waals surface area contributed by atoms with Crippen molar-refractivity contribution in [1.82, 2.24) is 15.5 Å². The van der Waals surface area contributed by atoms with Crippen LogP contribution in [0.5, 0.6) is 17.2 Å². The van der Waals surface area contributed by atoms with Crippen molar-refractivity contribution in [3.63, 3.8) is 0 Å². The number of hydrogen-bond acceptors (Lipinski definition) is 9. The van der Waals surface area contributed by atoms with Crippen molar-refractivity contribution in [3.8, 4) is 28.4 Å². The zero-order chi connectivity index (χ0) is 33.5. The van der Waals surface area contributed by atoms with Gasteiger partial charge in [0.15, 0.2) is 11.5 Å². The Morgan fingerprint density at radius 3 is 2.51 bits per heavy atom. The molecule has 2 aromatic carbocycles. The van der Waals surface area contributed by atoms with Crippen molar-refractivity contribution in [2.75, 3.05) is 58.3 Å². The number of aryl methyl sites for hydroxylation is 1. The number of piperidine rings is 2. The minimum atomic E-state index is -0.569. The fourth-order valence-corrected chi connectivity index (χ4v) is 8.16. The molecule has 2 aliphatic heterocycles. The van der Waals surface area contributed by atoms with Gasteiger partial charge in [-0.25, -0.2) is 0 Å². The van der Waals surface area contributed by atoms with Gasteiger partial charge >= 0.3 is 0 Å². The van der Waals surface area contributed by atoms with Crippen molar-refractivity contribution >= 4 is 29.3 Å². The predicted molar refractivity (Wildman–Crippen MR) is 188 cm³/mol. The Hall–Kier alpha value is -3.44. The number of carbonyl (C=O) groups excluding carboxylic acids is 2. The number of nitrogens with zero attached hydrogens (tertiary/aromatic N) is 1. The Labute approximate surface area is 282 Å². The maximum Gasteiger partial charge on any atom is 0.242 e. The number of nitrogens with one attached hydrogen (secondary N) is 3. The number of hydrogen-bond donors (Lipinski definition) is 3. The normalized spacial score (nSPS) is 21.2. The van der Waals surface area contributed by atoms with Crippen LogP contribution in [0.1, 0.15) is 69.0 Å². The second-order valence-electron chi connectivity index (χ2n) is 12.8. The van der Waals surface area contributed by atoms with E-state index in [-0.39, 0.29) is 17.2 Å². The Bertz CT molecular complexity index is 1500. The summed E-state index contributed by atoms with van der Waals surface area (Å²) < 4.78 is 17.2. The number of rotatable bonds is 12. The molecule has 3 aliphatic rings. The molecule has 4 atom stereocenters. The molecule has 5 rings (SSSR count). The van der Waals surface area contributed by atoms with E-state index in [0.717, 1.165) is 42.0 Å². The summed E-state index contributed by atoms with van der Waals surface area (Å²) in [6.45, 7) is 4.45. The second kappa shape index (κ2) is 16.1. The highest BCUT2D eigenvalue weighted by Gasteiger charge is 2.34. The first-order chi connectivity index (χ1) is 22.8. The van der Waals surface area contributed by atoms with Gasteiger partial charge in [0.2, 0.25) is 23.0 Å². The van der Waals surface area contributed by atoms with Crippen LogP contribution in [0.3, 0.4) is 0 Å². The first-order valence-electron chi connectivity index (χ1n) is 16.8. The lowest BCUT2D eigenvalue weighted by molar-refractivity contribution is -0.122. The van der Waals surface area contributed by atoms with Crippen LogP contribution in [-0.2, 0) is 16.0 Å². The maximum atomic E-state index is 13.9. The predicted octanol–water partition coefficient (Wildman–Crippen LogP) is 4.78. The molecule has 2 aromatic rings. The first kappa shape index (κ1) is 34.9. The van der Waals surface area contributed by atoms with Gasteiger partial charge in [0.1, 0.15) is 6.04 Å². The summed E-state index contributed by atoms with van der Waals surface area (Å²) in [4.78, 5) is 42.6. The van der Waals surface area contributed by atoms with Gasteiger partial charge in [-0.2, -0.15) is 11.8 Å². The number of carbonyl (C=O) groups is 2. The second-order valence-corrected chi connectivity index (χ2v) is 13.8. The number of thioether (sulfide) groups is 1. The van der Waals surface area contributed by atoms with Gasteiger partial charge in [-0.1, -0.05) is 12.5 Å². The summed E-state index contributed by atoms with van der Waals surface area (Å²) in [6, 6.07) is 6.72. The Kier molecular flexibility index (Phi) is 12.0. The summed E-state index contributed by atoms with van der Waals surface area (Å²) in [7, 11) is 4.72. The first-order valence-corrected chi connectivity index (χ1v) is 18.2. The van der Waals surface area contributed by atoms with E-state index >= 15 is 0 Å².